The van der Waals surface area contributed by atoms with Crippen molar-refractivity contribution < 1.29 is 14.3 Å². The molecular weight excluding hydrogens is 318 g/mol. The van der Waals surface area contributed by atoms with Crippen molar-refractivity contribution in [1.82, 2.24) is 4.98 Å². The van der Waals surface area contributed by atoms with Crippen LogP contribution in [0.15, 0.2) is 42.6 Å². The number of carbonyl (C=O) groups is 1. The van der Waals surface area contributed by atoms with Crippen molar-refractivity contribution >= 4 is 17.3 Å². The minimum absolute atomic E-state index is 0.245. The van der Waals surface area contributed by atoms with Gasteiger partial charge in [0.2, 0.25) is 0 Å². The molecule has 0 spiro atoms. The lowest BCUT2D eigenvalue weighted by atomic mass is 10.2. The number of ether oxygens (including phenoxy) is 2. The Morgan fingerprint density at radius 3 is 2.84 bits per heavy atom. The first-order chi connectivity index (χ1) is 12.2. The van der Waals surface area contributed by atoms with E-state index in [1.54, 1.807) is 12.3 Å². The Kier molecular flexibility index (Phi) is 5.85. The highest BCUT2D eigenvalue weighted by Gasteiger charge is 2.15. The van der Waals surface area contributed by atoms with Gasteiger partial charge in [0, 0.05) is 30.7 Å². The standard InChI is InChI=1S/C19H23N3O3/c1-2-24-16-7-5-14(6-8-16)22-19(23)18-12-15(9-10-20-18)21-13-17-4-3-11-25-17/h5-10,12,17H,2-4,11,13H2,1H3,(H,20,21)(H,22,23). The highest BCUT2D eigenvalue weighted by Crippen LogP contribution is 2.17. The van der Waals surface area contributed by atoms with Crippen molar-refractivity contribution in [3.63, 3.8) is 0 Å². The molecule has 2 aromatic rings. The van der Waals surface area contributed by atoms with Gasteiger partial charge < -0.3 is 20.1 Å². The Hall–Kier alpha value is -2.60. The summed E-state index contributed by atoms with van der Waals surface area (Å²) in [7, 11) is 0. The summed E-state index contributed by atoms with van der Waals surface area (Å²) in [5.41, 5.74) is 1.93. The van der Waals surface area contributed by atoms with Crippen molar-refractivity contribution in [2.24, 2.45) is 0 Å². The SMILES string of the molecule is CCOc1ccc(NC(=O)c2cc(NCC3CCCO3)ccn2)cc1. The van der Waals surface area contributed by atoms with Gasteiger partial charge in [-0.25, -0.2) is 0 Å². The average Bonchev–Trinajstić information content (AvgIpc) is 3.16. The van der Waals surface area contributed by atoms with Crippen LogP contribution >= 0.6 is 0 Å². The van der Waals surface area contributed by atoms with E-state index in [0.717, 1.165) is 37.4 Å². The molecule has 132 valence electrons. The maximum Gasteiger partial charge on any atom is 0.274 e. The quantitative estimate of drug-likeness (QED) is 0.808. The van der Waals surface area contributed by atoms with Gasteiger partial charge in [0.15, 0.2) is 0 Å². The number of nitrogens with one attached hydrogen (secondary N) is 2. The van der Waals surface area contributed by atoms with Crippen LogP contribution in [0.25, 0.3) is 0 Å². The van der Waals surface area contributed by atoms with Gasteiger partial charge >= 0.3 is 0 Å². The molecule has 2 N–H and O–H groups in total. The van der Waals surface area contributed by atoms with Crippen LogP contribution in [-0.2, 0) is 4.74 Å². The van der Waals surface area contributed by atoms with E-state index in [9.17, 15) is 4.79 Å². The second-order valence-electron chi connectivity index (χ2n) is 5.86. The highest BCUT2D eigenvalue weighted by atomic mass is 16.5. The molecule has 1 aromatic carbocycles. The first-order valence-electron chi connectivity index (χ1n) is 8.60. The molecule has 0 aliphatic carbocycles. The Balaban J connectivity index is 1.58. The van der Waals surface area contributed by atoms with Crippen LogP contribution in [0, 0.1) is 0 Å². The number of hydrogen-bond donors (Lipinski definition) is 2. The van der Waals surface area contributed by atoms with E-state index in [-0.39, 0.29) is 12.0 Å². The monoisotopic (exact) mass is 341 g/mol. The van der Waals surface area contributed by atoms with Crippen LogP contribution in [0.4, 0.5) is 11.4 Å². The molecule has 1 amide bonds. The normalized spacial score (nSPS) is 16.4. The largest absolute Gasteiger partial charge is 0.494 e. The van der Waals surface area contributed by atoms with Gasteiger partial charge in [0.25, 0.3) is 5.91 Å². The lowest BCUT2D eigenvalue weighted by molar-refractivity contribution is 0.102. The van der Waals surface area contributed by atoms with Crippen molar-refractivity contribution in [1.29, 1.82) is 0 Å². The van der Waals surface area contributed by atoms with Crippen LogP contribution in [-0.4, -0.2) is 36.8 Å². The molecule has 0 bridgehead atoms. The van der Waals surface area contributed by atoms with E-state index in [2.05, 4.69) is 15.6 Å². The molecule has 0 radical (unpaired) electrons. The van der Waals surface area contributed by atoms with E-state index in [1.807, 2.05) is 37.3 Å². The molecule has 1 saturated heterocycles. The molecule has 25 heavy (non-hydrogen) atoms. The number of aromatic nitrogens is 1. The molecule has 1 atom stereocenters. The number of anilines is 2. The lowest BCUT2D eigenvalue weighted by Crippen LogP contribution is -2.19. The zero-order valence-corrected chi connectivity index (χ0v) is 14.3. The Morgan fingerprint density at radius 1 is 1.28 bits per heavy atom. The molecule has 1 aromatic heterocycles. The number of carbonyl (C=O) groups excluding carboxylic acids is 1. The second-order valence-corrected chi connectivity index (χ2v) is 5.86. The third kappa shape index (κ3) is 4.93. The van der Waals surface area contributed by atoms with Crippen LogP contribution in [0.5, 0.6) is 5.75 Å². The summed E-state index contributed by atoms with van der Waals surface area (Å²) in [6.45, 7) is 4.12. The van der Waals surface area contributed by atoms with Crippen molar-refractivity contribution in [3.05, 3.63) is 48.3 Å². The lowest BCUT2D eigenvalue weighted by Gasteiger charge is -2.12. The fourth-order valence-electron chi connectivity index (χ4n) is 2.70. The maximum atomic E-state index is 12.4. The van der Waals surface area contributed by atoms with Gasteiger partial charge in [-0.05, 0) is 56.2 Å². The van der Waals surface area contributed by atoms with E-state index in [1.165, 1.54) is 0 Å². The number of benzene rings is 1. The minimum Gasteiger partial charge on any atom is -0.494 e. The zero-order valence-electron chi connectivity index (χ0n) is 14.3. The number of nitrogens with zero attached hydrogens (tertiary/aromatic N) is 1. The Morgan fingerprint density at radius 2 is 2.12 bits per heavy atom. The van der Waals surface area contributed by atoms with Gasteiger partial charge in [-0.1, -0.05) is 0 Å². The number of amides is 1. The highest BCUT2D eigenvalue weighted by molar-refractivity contribution is 6.03. The number of pyridine rings is 1. The minimum atomic E-state index is -0.245. The van der Waals surface area contributed by atoms with Crippen molar-refractivity contribution in [2.45, 2.75) is 25.9 Å². The van der Waals surface area contributed by atoms with E-state index < -0.39 is 0 Å². The zero-order chi connectivity index (χ0) is 17.5. The third-order valence-corrected chi connectivity index (χ3v) is 3.97. The van der Waals surface area contributed by atoms with E-state index >= 15 is 0 Å². The number of rotatable bonds is 7. The van der Waals surface area contributed by atoms with E-state index in [0.29, 0.717) is 18.0 Å². The van der Waals surface area contributed by atoms with E-state index in [4.69, 9.17) is 9.47 Å². The van der Waals surface area contributed by atoms with Crippen molar-refractivity contribution in [2.75, 3.05) is 30.4 Å². The molecule has 0 saturated carbocycles. The first-order valence-corrected chi connectivity index (χ1v) is 8.60. The van der Waals surface area contributed by atoms with Crippen LogP contribution in [0.1, 0.15) is 30.3 Å². The average molecular weight is 341 g/mol. The van der Waals surface area contributed by atoms with Gasteiger partial charge in [-0.3, -0.25) is 9.78 Å². The summed E-state index contributed by atoms with van der Waals surface area (Å²) in [5.74, 6) is 0.531. The predicted octanol–water partition coefficient (Wildman–Crippen LogP) is 3.32. The summed E-state index contributed by atoms with van der Waals surface area (Å²) < 4.78 is 11.0. The fourth-order valence-corrected chi connectivity index (χ4v) is 2.70. The summed E-state index contributed by atoms with van der Waals surface area (Å²) in [6.07, 6.45) is 4.06. The first kappa shape index (κ1) is 17.2. The molecule has 6 heteroatoms. The smallest absolute Gasteiger partial charge is 0.274 e. The van der Waals surface area contributed by atoms with Gasteiger partial charge in [0.1, 0.15) is 11.4 Å². The van der Waals surface area contributed by atoms with Crippen LogP contribution in [0.3, 0.4) is 0 Å². The Bertz CT molecular complexity index is 697. The van der Waals surface area contributed by atoms with Gasteiger partial charge in [0.05, 0.1) is 12.7 Å². The summed E-state index contributed by atoms with van der Waals surface area (Å²) in [4.78, 5) is 16.5. The van der Waals surface area contributed by atoms with Crippen LogP contribution in [0.2, 0.25) is 0 Å². The molecule has 1 aliphatic heterocycles. The molecule has 3 rings (SSSR count). The van der Waals surface area contributed by atoms with Crippen LogP contribution < -0.4 is 15.4 Å². The molecule has 2 heterocycles. The maximum absolute atomic E-state index is 12.4. The Labute approximate surface area is 147 Å². The molecule has 1 fully saturated rings. The molecular formula is C19H23N3O3. The summed E-state index contributed by atoms with van der Waals surface area (Å²) >= 11 is 0. The molecule has 1 aliphatic rings. The second kappa shape index (κ2) is 8.48. The third-order valence-electron chi connectivity index (χ3n) is 3.97. The van der Waals surface area contributed by atoms with Gasteiger partial charge in [-0.2, -0.15) is 0 Å². The predicted molar refractivity (Wildman–Crippen MR) is 97.3 cm³/mol. The summed E-state index contributed by atoms with van der Waals surface area (Å²) in [6, 6.07) is 10.9. The summed E-state index contributed by atoms with van der Waals surface area (Å²) in [5, 5.41) is 6.15. The molecule has 1 unspecified atom stereocenters. The van der Waals surface area contributed by atoms with Gasteiger partial charge in [-0.15, -0.1) is 0 Å². The molecule has 6 nitrogen and oxygen atoms in total. The number of hydrogen-bond acceptors (Lipinski definition) is 5. The fraction of sp³-hybridized carbons (Fsp3) is 0.368. The van der Waals surface area contributed by atoms with Crippen molar-refractivity contribution in [3.8, 4) is 5.75 Å². The topological polar surface area (TPSA) is 72.5 Å².